The number of aromatic nitrogens is 3. The number of nitrogens with zero attached hydrogens (tertiary/aromatic N) is 3. The Morgan fingerprint density at radius 1 is 1.12 bits per heavy atom. The maximum absolute atomic E-state index is 13.2. The molecule has 1 aliphatic carbocycles. The number of aryl methyl sites for hydroxylation is 2. The van der Waals surface area contributed by atoms with E-state index in [0.717, 1.165) is 65.1 Å². The molecule has 1 saturated carbocycles. The third kappa shape index (κ3) is 7.70. The molecule has 1 amide bonds. The van der Waals surface area contributed by atoms with Gasteiger partial charge in [-0.05, 0) is 103 Å². The minimum atomic E-state index is -1.99. The Balaban J connectivity index is 1.78. The molecule has 10 heteroatoms. The first-order valence-corrected chi connectivity index (χ1v) is 18.5. The van der Waals surface area contributed by atoms with Crippen molar-refractivity contribution < 1.29 is 23.2 Å². The normalized spacial score (nSPS) is 19.0. The van der Waals surface area contributed by atoms with E-state index in [1.165, 1.54) is 0 Å². The summed E-state index contributed by atoms with van der Waals surface area (Å²) in [6, 6.07) is 6.22. The Bertz CT molecular complexity index is 1390. The first-order chi connectivity index (χ1) is 20.0. The summed E-state index contributed by atoms with van der Waals surface area (Å²) < 4.78 is 25.8. The van der Waals surface area contributed by atoms with Gasteiger partial charge in [0.15, 0.2) is 8.32 Å². The molecule has 1 N–H and O–H groups in total. The van der Waals surface area contributed by atoms with Crippen molar-refractivity contribution in [2.45, 2.75) is 129 Å². The SMILES string of the molecule is COC1CCC(n2c([C@H](CCO[Si](C)(C)C(C)(C)C)NC(=O)OC(C)(C)C)nc3cc(-c4c(C)noc4C)ccc32)CC1. The van der Waals surface area contributed by atoms with Crippen molar-refractivity contribution in [2.24, 2.45) is 0 Å². The molecule has 0 bridgehead atoms. The van der Waals surface area contributed by atoms with Gasteiger partial charge in [-0.25, -0.2) is 9.78 Å². The van der Waals surface area contributed by atoms with Crippen LogP contribution in [0.1, 0.15) is 103 Å². The second kappa shape index (κ2) is 12.7. The number of nitrogens with one attached hydrogen (secondary N) is 1. The van der Waals surface area contributed by atoms with Crippen LogP contribution in [-0.4, -0.2) is 54.5 Å². The number of amides is 1. The molecular weight excluding hydrogens is 560 g/mol. The Hall–Kier alpha value is -2.69. The van der Waals surface area contributed by atoms with E-state index < -0.39 is 26.1 Å². The second-order valence-electron chi connectivity index (χ2n) is 14.5. The van der Waals surface area contributed by atoms with Crippen LogP contribution in [0.15, 0.2) is 22.7 Å². The lowest BCUT2D eigenvalue weighted by Gasteiger charge is -2.36. The van der Waals surface area contributed by atoms with Crippen LogP contribution in [0.25, 0.3) is 22.2 Å². The first kappa shape index (κ1) is 33.2. The standard InChI is InChI=1S/C33H52N4O5Si/c1-21-29(22(2)42-36-21)23-12-17-28-27(20-23)34-30(37(28)24-13-15-25(39-9)16-14-24)26(35-31(38)41-32(3,4)5)18-19-40-43(10,11)33(6,7)8/h12,17,20,24-26H,13-16,18-19H2,1-11H3,(H,35,38)/t24?,25?,26-/m0/s1. The van der Waals surface area contributed by atoms with Crippen LogP contribution in [0.4, 0.5) is 4.79 Å². The van der Waals surface area contributed by atoms with Gasteiger partial charge in [-0.1, -0.05) is 32.0 Å². The number of alkyl carbamates (subject to hydrolysis) is 1. The van der Waals surface area contributed by atoms with Crippen molar-refractivity contribution in [1.29, 1.82) is 0 Å². The number of hydrogen-bond donors (Lipinski definition) is 1. The van der Waals surface area contributed by atoms with Crippen molar-refractivity contribution in [3.63, 3.8) is 0 Å². The minimum Gasteiger partial charge on any atom is -0.444 e. The third-order valence-electron chi connectivity index (χ3n) is 9.06. The number of rotatable bonds is 9. The largest absolute Gasteiger partial charge is 0.444 e. The van der Waals surface area contributed by atoms with E-state index in [9.17, 15) is 4.79 Å². The van der Waals surface area contributed by atoms with E-state index in [2.05, 4.69) is 67.1 Å². The molecule has 1 atom stereocenters. The zero-order valence-corrected chi connectivity index (χ0v) is 29.1. The van der Waals surface area contributed by atoms with Crippen LogP contribution in [0.2, 0.25) is 18.1 Å². The molecule has 2 heterocycles. The molecule has 238 valence electrons. The van der Waals surface area contributed by atoms with E-state index in [1.807, 2.05) is 34.6 Å². The molecule has 3 aromatic rings. The number of benzene rings is 1. The molecule has 1 fully saturated rings. The van der Waals surface area contributed by atoms with Gasteiger partial charge in [-0.15, -0.1) is 0 Å². The zero-order valence-electron chi connectivity index (χ0n) is 28.1. The van der Waals surface area contributed by atoms with E-state index >= 15 is 0 Å². The molecule has 4 rings (SSSR count). The maximum atomic E-state index is 13.2. The monoisotopic (exact) mass is 612 g/mol. The lowest BCUT2D eigenvalue weighted by molar-refractivity contribution is 0.0487. The smallest absolute Gasteiger partial charge is 0.408 e. The summed E-state index contributed by atoms with van der Waals surface area (Å²) >= 11 is 0. The Labute approximate surface area is 258 Å². The number of hydrogen-bond acceptors (Lipinski definition) is 7. The van der Waals surface area contributed by atoms with Crippen LogP contribution < -0.4 is 5.32 Å². The molecule has 1 aromatic carbocycles. The molecule has 0 radical (unpaired) electrons. The predicted octanol–water partition coefficient (Wildman–Crippen LogP) is 8.42. The van der Waals surface area contributed by atoms with E-state index in [1.54, 1.807) is 7.11 Å². The van der Waals surface area contributed by atoms with Crippen LogP contribution in [0.3, 0.4) is 0 Å². The van der Waals surface area contributed by atoms with Crippen LogP contribution in [0, 0.1) is 13.8 Å². The van der Waals surface area contributed by atoms with Gasteiger partial charge in [0.25, 0.3) is 0 Å². The predicted molar refractivity (Wildman–Crippen MR) is 173 cm³/mol. The second-order valence-corrected chi connectivity index (χ2v) is 19.3. The van der Waals surface area contributed by atoms with E-state index in [0.29, 0.717) is 13.0 Å². The van der Waals surface area contributed by atoms with Crippen LogP contribution in [-0.2, 0) is 13.9 Å². The summed E-state index contributed by atoms with van der Waals surface area (Å²) in [5.41, 5.74) is 4.16. The molecule has 1 aliphatic rings. The van der Waals surface area contributed by atoms with Gasteiger partial charge in [0.05, 0.1) is 28.9 Å². The van der Waals surface area contributed by atoms with Crippen LogP contribution >= 0.6 is 0 Å². The molecule has 2 aromatic heterocycles. The van der Waals surface area contributed by atoms with Gasteiger partial charge >= 0.3 is 6.09 Å². The highest BCUT2D eigenvalue weighted by Gasteiger charge is 2.38. The van der Waals surface area contributed by atoms with Gasteiger partial charge in [0, 0.05) is 25.3 Å². The van der Waals surface area contributed by atoms with Gasteiger partial charge in [-0.2, -0.15) is 0 Å². The molecular formula is C33H52N4O5Si. The Kier molecular flexibility index (Phi) is 9.83. The number of ether oxygens (including phenoxy) is 2. The highest BCUT2D eigenvalue weighted by Crippen LogP contribution is 2.39. The highest BCUT2D eigenvalue weighted by atomic mass is 28.4. The first-order valence-electron chi connectivity index (χ1n) is 15.6. The fourth-order valence-corrected chi connectivity index (χ4v) is 6.76. The van der Waals surface area contributed by atoms with Gasteiger partial charge < -0.3 is 28.3 Å². The minimum absolute atomic E-state index is 0.0861. The van der Waals surface area contributed by atoms with Crippen molar-refractivity contribution in [3.05, 3.63) is 35.5 Å². The number of carbonyl (C=O) groups is 1. The number of fused-ring (bicyclic) bond motifs is 1. The fourth-order valence-electron chi connectivity index (χ4n) is 5.70. The third-order valence-corrected chi connectivity index (χ3v) is 13.6. The molecule has 0 aliphatic heterocycles. The molecule has 0 unspecified atom stereocenters. The summed E-state index contributed by atoms with van der Waals surface area (Å²) in [4.78, 5) is 18.4. The van der Waals surface area contributed by atoms with E-state index in [-0.39, 0.29) is 17.2 Å². The summed E-state index contributed by atoms with van der Waals surface area (Å²) in [7, 11) is -0.195. The van der Waals surface area contributed by atoms with Crippen molar-refractivity contribution in [3.8, 4) is 11.1 Å². The topological polar surface area (TPSA) is 101 Å². The lowest BCUT2D eigenvalue weighted by atomic mass is 9.92. The highest BCUT2D eigenvalue weighted by molar-refractivity contribution is 6.74. The Morgan fingerprint density at radius 3 is 2.35 bits per heavy atom. The molecule has 0 saturated heterocycles. The zero-order chi connectivity index (χ0) is 31.7. The number of carbonyl (C=O) groups excluding carboxylic acids is 1. The Morgan fingerprint density at radius 2 is 1.79 bits per heavy atom. The van der Waals surface area contributed by atoms with Gasteiger partial charge in [0.1, 0.15) is 17.2 Å². The van der Waals surface area contributed by atoms with Crippen molar-refractivity contribution >= 4 is 25.4 Å². The van der Waals surface area contributed by atoms with Crippen molar-refractivity contribution in [1.82, 2.24) is 20.0 Å². The summed E-state index contributed by atoms with van der Waals surface area (Å²) in [5, 5.41) is 7.42. The fraction of sp³-hybridized carbons (Fsp3) is 0.667. The van der Waals surface area contributed by atoms with E-state index in [4.69, 9.17) is 23.4 Å². The van der Waals surface area contributed by atoms with Crippen LogP contribution in [0.5, 0.6) is 0 Å². The van der Waals surface area contributed by atoms with Gasteiger partial charge in [-0.3, -0.25) is 0 Å². The average Bonchev–Trinajstić information content (AvgIpc) is 3.45. The van der Waals surface area contributed by atoms with Crippen molar-refractivity contribution in [2.75, 3.05) is 13.7 Å². The summed E-state index contributed by atoms with van der Waals surface area (Å²) in [5.74, 6) is 1.61. The maximum Gasteiger partial charge on any atom is 0.408 e. The molecule has 0 spiro atoms. The summed E-state index contributed by atoms with van der Waals surface area (Å²) in [6.45, 7) is 21.3. The molecule has 9 nitrogen and oxygen atoms in total. The quantitative estimate of drug-likeness (QED) is 0.242. The summed E-state index contributed by atoms with van der Waals surface area (Å²) in [6.07, 6.45) is 4.31. The number of methoxy groups -OCH3 is 1. The lowest BCUT2D eigenvalue weighted by Crippen LogP contribution is -2.42. The number of imidazole rings is 1. The average molecular weight is 613 g/mol. The van der Waals surface area contributed by atoms with Gasteiger partial charge in [0.2, 0.25) is 0 Å². The molecule has 43 heavy (non-hydrogen) atoms.